The van der Waals surface area contributed by atoms with Crippen LogP contribution in [0.1, 0.15) is 50.4 Å². The average Bonchev–Trinajstić information content (AvgIpc) is 2.54. The molecule has 1 unspecified atom stereocenters. The number of hydrogen-bond acceptors (Lipinski definition) is 4. The Balaban J connectivity index is 1.60. The first-order chi connectivity index (χ1) is 11.0. The number of aryl methyl sites for hydroxylation is 2. The predicted molar refractivity (Wildman–Crippen MR) is 91.5 cm³/mol. The standard InChI is InChI=1S/C18H28N4O/c1-13-12-14(2)20-18(19-13)21-10-7-16(8-11-21)17(23)22-9-5-4-6-15(22)3/h12,15-16H,4-11H2,1-3H3. The van der Waals surface area contributed by atoms with Crippen LogP contribution in [0.15, 0.2) is 6.07 Å². The second-order valence-electron chi connectivity index (χ2n) is 7.09. The predicted octanol–water partition coefficient (Wildman–Crippen LogP) is 2.71. The lowest BCUT2D eigenvalue weighted by atomic mass is 9.93. The molecule has 1 aromatic rings. The minimum absolute atomic E-state index is 0.178. The summed E-state index contributed by atoms with van der Waals surface area (Å²) in [5.41, 5.74) is 2.01. The zero-order valence-electron chi connectivity index (χ0n) is 14.6. The van der Waals surface area contributed by atoms with Gasteiger partial charge in [-0.05, 0) is 58.9 Å². The van der Waals surface area contributed by atoms with Gasteiger partial charge in [-0.1, -0.05) is 0 Å². The Bertz CT molecular complexity index is 546. The lowest BCUT2D eigenvalue weighted by Gasteiger charge is -2.38. The van der Waals surface area contributed by atoms with Gasteiger partial charge in [0.25, 0.3) is 0 Å². The Morgan fingerprint density at radius 2 is 1.70 bits per heavy atom. The highest BCUT2D eigenvalue weighted by atomic mass is 16.2. The molecule has 0 aliphatic carbocycles. The normalized spacial score (nSPS) is 23.2. The number of anilines is 1. The summed E-state index contributed by atoms with van der Waals surface area (Å²) in [6, 6.07) is 2.41. The molecule has 23 heavy (non-hydrogen) atoms. The van der Waals surface area contributed by atoms with Gasteiger partial charge in [-0.3, -0.25) is 4.79 Å². The number of carbonyl (C=O) groups is 1. The van der Waals surface area contributed by atoms with Crippen molar-refractivity contribution in [2.45, 2.75) is 58.9 Å². The number of rotatable bonds is 2. The third-order valence-electron chi connectivity index (χ3n) is 5.18. The smallest absolute Gasteiger partial charge is 0.226 e. The molecule has 1 atom stereocenters. The van der Waals surface area contributed by atoms with E-state index in [0.29, 0.717) is 11.9 Å². The monoisotopic (exact) mass is 316 g/mol. The molecule has 0 radical (unpaired) electrons. The van der Waals surface area contributed by atoms with Crippen LogP contribution in [-0.4, -0.2) is 46.5 Å². The molecule has 1 aromatic heterocycles. The summed E-state index contributed by atoms with van der Waals surface area (Å²) in [7, 11) is 0. The Labute approximate surface area is 139 Å². The van der Waals surface area contributed by atoms with Crippen molar-refractivity contribution in [1.82, 2.24) is 14.9 Å². The van der Waals surface area contributed by atoms with Crippen molar-refractivity contribution in [2.75, 3.05) is 24.5 Å². The molecule has 5 heteroatoms. The molecule has 3 rings (SSSR count). The highest BCUT2D eigenvalue weighted by Gasteiger charge is 2.32. The zero-order chi connectivity index (χ0) is 16.4. The van der Waals surface area contributed by atoms with Gasteiger partial charge in [0.05, 0.1) is 0 Å². The molecule has 2 saturated heterocycles. The summed E-state index contributed by atoms with van der Waals surface area (Å²) in [6.07, 6.45) is 5.40. The molecular formula is C18H28N4O. The van der Waals surface area contributed by atoms with E-state index in [-0.39, 0.29) is 5.92 Å². The largest absolute Gasteiger partial charge is 0.341 e. The minimum atomic E-state index is 0.178. The van der Waals surface area contributed by atoms with Crippen molar-refractivity contribution in [2.24, 2.45) is 5.92 Å². The van der Waals surface area contributed by atoms with Gasteiger partial charge in [0.1, 0.15) is 0 Å². The highest BCUT2D eigenvalue weighted by molar-refractivity contribution is 5.79. The summed E-state index contributed by atoms with van der Waals surface area (Å²) in [5, 5.41) is 0. The number of aromatic nitrogens is 2. The van der Waals surface area contributed by atoms with E-state index in [1.54, 1.807) is 0 Å². The number of amides is 1. The van der Waals surface area contributed by atoms with Crippen LogP contribution >= 0.6 is 0 Å². The number of carbonyl (C=O) groups excluding carboxylic acids is 1. The first-order valence-electron chi connectivity index (χ1n) is 8.92. The van der Waals surface area contributed by atoms with E-state index in [9.17, 15) is 4.79 Å². The van der Waals surface area contributed by atoms with Gasteiger partial charge >= 0.3 is 0 Å². The average molecular weight is 316 g/mol. The van der Waals surface area contributed by atoms with Crippen molar-refractivity contribution < 1.29 is 4.79 Å². The fraction of sp³-hybridized carbons (Fsp3) is 0.722. The van der Waals surface area contributed by atoms with E-state index in [1.165, 1.54) is 6.42 Å². The number of piperidine rings is 2. The molecule has 0 bridgehead atoms. The Morgan fingerprint density at radius 3 is 2.30 bits per heavy atom. The molecule has 2 aliphatic heterocycles. The van der Waals surface area contributed by atoms with Crippen LogP contribution in [0.3, 0.4) is 0 Å². The molecule has 0 saturated carbocycles. The van der Waals surface area contributed by atoms with Crippen LogP contribution in [-0.2, 0) is 4.79 Å². The van der Waals surface area contributed by atoms with E-state index in [0.717, 1.165) is 62.7 Å². The van der Waals surface area contributed by atoms with E-state index in [4.69, 9.17) is 0 Å². The van der Waals surface area contributed by atoms with Gasteiger partial charge in [-0.15, -0.1) is 0 Å². The Morgan fingerprint density at radius 1 is 1.04 bits per heavy atom. The molecule has 1 amide bonds. The Hall–Kier alpha value is -1.65. The lowest BCUT2D eigenvalue weighted by Crippen LogP contribution is -2.48. The molecule has 2 aliphatic rings. The molecule has 0 N–H and O–H groups in total. The summed E-state index contributed by atoms with van der Waals surface area (Å²) in [6.45, 7) is 8.90. The maximum absolute atomic E-state index is 12.8. The molecule has 3 heterocycles. The molecule has 126 valence electrons. The van der Waals surface area contributed by atoms with Crippen molar-refractivity contribution in [3.8, 4) is 0 Å². The SMILES string of the molecule is Cc1cc(C)nc(N2CCC(C(=O)N3CCCCC3C)CC2)n1. The fourth-order valence-corrected chi connectivity index (χ4v) is 3.84. The second-order valence-corrected chi connectivity index (χ2v) is 7.09. The van der Waals surface area contributed by atoms with E-state index in [1.807, 2.05) is 19.9 Å². The van der Waals surface area contributed by atoms with Gasteiger partial charge in [0.15, 0.2) is 0 Å². The highest BCUT2D eigenvalue weighted by Crippen LogP contribution is 2.26. The molecule has 0 spiro atoms. The van der Waals surface area contributed by atoms with E-state index < -0.39 is 0 Å². The molecular weight excluding hydrogens is 288 g/mol. The van der Waals surface area contributed by atoms with Gasteiger partial charge in [-0.25, -0.2) is 9.97 Å². The van der Waals surface area contributed by atoms with E-state index in [2.05, 4.69) is 26.7 Å². The first kappa shape index (κ1) is 16.2. The number of likely N-dealkylation sites (tertiary alicyclic amines) is 1. The van der Waals surface area contributed by atoms with E-state index >= 15 is 0 Å². The minimum Gasteiger partial charge on any atom is -0.341 e. The van der Waals surface area contributed by atoms with Crippen molar-refractivity contribution in [1.29, 1.82) is 0 Å². The lowest BCUT2D eigenvalue weighted by molar-refractivity contribution is -0.139. The van der Waals surface area contributed by atoms with Crippen molar-refractivity contribution in [3.05, 3.63) is 17.5 Å². The van der Waals surface area contributed by atoms with Crippen molar-refractivity contribution >= 4 is 11.9 Å². The molecule has 2 fully saturated rings. The summed E-state index contributed by atoms with van der Waals surface area (Å²) in [5.74, 6) is 1.37. The first-order valence-corrected chi connectivity index (χ1v) is 8.92. The van der Waals surface area contributed by atoms with Crippen LogP contribution in [0.5, 0.6) is 0 Å². The molecule has 0 aromatic carbocycles. The van der Waals surface area contributed by atoms with Crippen molar-refractivity contribution in [3.63, 3.8) is 0 Å². The number of nitrogens with zero attached hydrogens (tertiary/aromatic N) is 4. The van der Waals surface area contributed by atoms with Gasteiger partial charge in [0, 0.05) is 43.0 Å². The van der Waals surface area contributed by atoms with Gasteiger partial charge in [0.2, 0.25) is 11.9 Å². The zero-order valence-corrected chi connectivity index (χ0v) is 14.6. The summed E-state index contributed by atoms with van der Waals surface area (Å²) in [4.78, 5) is 26.2. The van der Waals surface area contributed by atoms with Gasteiger partial charge in [-0.2, -0.15) is 0 Å². The summed E-state index contributed by atoms with van der Waals surface area (Å²) >= 11 is 0. The Kier molecular flexibility index (Phi) is 4.83. The van der Waals surface area contributed by atoms with Crippen LogP contribution in [0, 0.1) is 19.8 Å². The van der Waals surface area contributed by atoms with Crippen LogP contribution < -0.4 is 4.90 Å². The second kappa shape index (κ2) is 6.85. The van der Waals surface area contributed by atoms with Gasteiger partial charge < -0.3 is 9.80 Å². The third kappa shape index (κ3) is 3.65. The maximum atomic E-state index is 12.8. The molecule has 5 nitrogen and oxygen atoms in total. The summed E-state index contributed by atoms with van der Waals surface area (Å²) < 4.78 is 0. The van der Waals surface area contributed by atoms with Crippen LogP contribution in [0.2, 0.25) is 0 Å². The fourth-order valence-electron chi connectivity index (χ4n) is 3.84. The van der Waals surface area contributed by atoms with Crippen LogP contribution in [0.4, 0.5) is 5.95 Å². The third-order valence-corrected chi connectivity index (χ3v) is 5.18. The topological polar surface area (TPSA) is 49.3 Å². The number of hydrogen-bond donors (Lipinski definition) is 0. The quantitative estimate of drug-likeness (QED) is 0.842. The maximum Gasteiger partial charge on any atom is 0.226 e. The van der Waals surface area contributed by atoms with Crippen LogP contribution in [0.25, 0.3) is 0 Å².